The van der Waals surface area contributed by atoms with Crippen molar-refractivity contribution in [2.75, 3.05) is 32.7 Å². The molecule has 27 heavy (non-hydrogen) atoms. The molecule has 0 atom stereocenters. The normalized spacial score (nSPS) is 15.9. The quantitative estimate of drug-likeness (QED) is 0.593. The van der Waals surface area contributed by atoms with E-state index in [1.54, 1.807) is 18.3 Å². The van der Waals surface area contributed by atoms with Crippen molar-refractivity contribution in [2.24, 2.45) is 5.10 Å². The molecule has 1 saturated heterocycles. The molecule has 1 N–H and O–H groups in total. The van der Waals surface area contributed by atoms with Crippen molar-refractivity contribution in [3.05, 3.63) is 69.7 Å². The van der Waals surface area contributed by atoms with Crippen LogP contribution in [0.15, 0.2) is 53.6 Å². The zero-order valence-corrected chi connectivity index (χ0v) is 16.5. The van der Waals surface area contributed by atoms with Gasteiger partial charge in [0.15, 0.2) is 0 Å². The van der Waals surface area contributed by atoms with Gasteiger partial charge in [-0.25, -0.2) is 5.43 Å². The van der Waals surface area contributed by atoms with Crippen molar-refractivity contribution in [3.63, 3.8) is 0 Å². The number of carbonyl (C=O) groups is 1. The van der Waals surface area contributed by atoms with E-state index in [0.29, 0.717) is 11.6 Å². The molecule has 0 spiro atoms. The number of nitrogens with one attached hydrogen (secondary N) is 1. The number of hydrogen-bond acceptors (Lipinski definition) is 4. The highest BCUT2D eigenvalue weighted by Gasteiger charge is 2.19. The van der Waals surface area contributed by atoms with Gasteiger partial charge in [-0.1, -0.05) is 53.5 Å². The van der Waals surface area contributed by atoms with Crippen LogP contribution in [-0.2, 0) is 11.3 Å². The van der Waals surface area contributed by atoms with Crippen LogP contribution in [0.1, 0.15) is 11.1 Å². The summed E-state index contributed by atoms with van der Waals surface area (Å²) < 4.78 is 0. The van der Waals surface area contributed by atoms with Gasteiger partial charge in [-0.2, -0.15) is 5.10 Å². The van der Waals surface area contributed by atoms with Gasteiger partial charge in [-0.05, 0) is 29.3 Å². The smallest absolute Gasteiger partial charge is 0.254 e. The Morgan fingerprint density at radius 3 is 2.52 bits per heavy atom. The number of amides is 1. The zero-order chi connectivity index (χ0) is 19.1. The summed E-state index contributed by atoms with van der Waals surface area (Å²) in [6, 6.07) is 15.2. The van der Waals surface area contributed by atoms with Gasteiger partial charge in [0.1, 0.15) is 0 Å². The Morgan fingerprint density at radius 1 is 1.04 bits per heavy atom. The van der Waals surface area contributed by atoms with Gasteiger partial charge < -0.3 is 0 Å². The van der Waals surface area contributed by atoms with E-state index in [-0.39, 0.29) is 5.91 Å². The van der Waals surface area contributed by atoms with Crippen LogP contribution in [0, 0.1) is 0 Å². The van der Waals surface area contributed by atoms with E-state index in [0.717, 1.165) is 48.9 Å². The van der Waals surface area contributed by atoms with Gasteiger partial charge in [0.05, 0.1) is 12.8 Å². The van der Waals surface area contributed by atoms with Crippen LogP contribution >= 0.6 is 23.2 Å². The first-order valence-electron chi connectivity index (χ1n) is 8.86. The van der Waals surface area contributed by atoms with Crippen LogP contribution < -0.4 is 5.43 Å². The highest BCUT2D eigenvalue weighted by molar-refractivity contribution is 6.31. The first-order chi connectivity index (χ1) is 13.1. The third-order valence-corrected chi connectivity index (χ3v) is 5.04. The molecule has 1 aliphatic rings. The molecule has 2 aromatic carbocycles. The second-order valence-corrected chi connectivity index (χ2v) is 7.34. The summed E-state index contributed by atoms with van der Waals surface area (Å²) in [7, 11) is 0. The Morgan fingerprint density at radius 2 is 1.78 bits per heavy atom. The van der Waals surface area contributed by atoms with Crippen LogP contribution in [0.2, 0.25) is 10.0 Å². The number of halogens is 2. The Bertz CT molecular complexity index is 804. The molecule has 3 rings (SSSR count). The monoisotopic (exact) mass is 404 g/mol. The van der Waals surface area contributed by atoms with E-state index >= 15 is 0 Å². The van der Waals surface area contributed by atoms with Crippen molar-refractivity contribution in [1.82, 2.24) is 15.2 Å². The summed E-state index contributed by atoms with van der Waals surface area (Å²) in [5.74, 6) is -0.118. The summed E-state index contributed by atoms with van der Waals surface area (Å²) in [6.45, 7) is 4.68. The maximum atomic E-state index is 12.1. The minimum absolute atomic E-state index is 0.118. The number of carbonyl (C=O) groups excluding carboxylic acids is 1. The van der Waals surface area contributed by atoms with Crippen LogP contribution in [0.4, 0.5) is 0 Å². The average molecular weight is 405 g/mol. The van der Waals surface area contributed by atoms with E-state index < -0.39 is 0 Å². The van der Waals surface area contributed by atoms with E-state index in [9.17, 15) is 4.79 Å². The molecule has 0 bridgehead atoms. The number of hydrogen-bond donors (Lipinski definition) is 1. The molecule has 0 aliphatic carbocycles. The fourth-order valence-corrected chi connectivity index (χ4v) is 3.37. The van der Waals surface area contributed by atoms with Gasteiger partial charge in [0, 0.05) is 42.8 Å². The Labute approximate surface area is 169 Å². The van der Waals surface area contributed by atoms with Gasteiger partial charge in [-0.15, -0.1) is 0 Å². The molecule has 1 fully saturated rings. The maximum Gasteiger partial charge on any atom is 0.254 e. The summed E-state index contributed by atoms with van der Waals surface area (Å²) in [5.41, 5.74) is 4.55. The minimum atomic E-state index is -0.118. The number of nitrogens with zero attached hydrogens (tertiary/aromatic N) is 3. The number of piperazine rings is 1. The van der Waals surface area contributed by atoms with Crippen LogP contribution in [0.5, 0.6) is 0 Å². The lowest BCUT2D eigenvalue weighted by Gasteiger charge is -2.34. The second-order valence-electron chi connectivity index (χ2n) is 6.49. The predicted molar refractivity (Wildman–Crippen MR) is 110 cm³/mol. The highest BCUT2D eigenvalue weighted by atomic mass is 35.5. The SMILES string of the molecule is O=C(CN1CCN(Cc2ccccc2Cl)CC1)N/N=C/c1cccc(Cl)c1. The molecule has 0 aromatic heterocycles. The molecule has 1 aliphatic heterocycles. The standard InChI is InChI=1S/C20H22Cl2N4O/c21-18-6-3-4-16(12-18)13-23-24-20(27)15-26-10-8-25(9-11-26)14-17-5-1-2-7-19(17)22/h1-7,12-13H,8-11,14-15H2,(H,24,27)/b23-13+. The van der Waals surface area contributed by atoms with E-state index in [1.165, 1.54) is 0 Å². The molecular formula is C20H22Cl2N4O. The van der Waals surface area contributed by atoms with Crippen molar-refractivity contribution in [1.29, 1.82) is 0 Å². The van der Waals surface area contributed by atoms with Gasteiger partial charge in [-0.3, -0.25) is 14.6 Å². The largest absolute Gasteiger partial charge is 0.296 e. The maximum absolute atomic E-state index is 12.1. The fourth-order valence-electron chi connectivity index (χ4n) is 2.98. The Hall–Kier alpha value is -1.92. The Balaban J connectivity index is 1.39. The molecule has 0 unspecified atom stereocenters. The third-order valence-electron chi connectivity index (χ3n) is 4.44. The fraction of sp³-hybridized carbons (Fsp3) is 0.300. The number of rotatable bonds is 6. The first kappa shape index (κ1) is 19.8. The van der Waals surface area contributed by atoms with Crippen LogP contribution in [0.3, 0.4) is 0 Å². The average Bonchev–Trinajstić information content (AvgIpc) is 2.65. The van der Waals surface area contributed by atoms with Crippen molar-refractivity contribution in [3.8, 4) is 0 Å². The first-order valence-corrected chi connectivity index (χ1v) is 9.61. The molecular weight excluding hydrogens is 383 g/mol. The lowest BCUT2D eigenvalue weighted by Crippen LogP contribution is -2.48. The van der Waals surface area contributed by atoms with Crippen molar-refractivity contribution in [2.45, 2.75) is 6.54 Å². The van der Waals surface area contributed by atoms with E-state index in [4.69, 9.17) is 23.2 Å². The number of hydrazone groups is 1. The minimum Gasteiger partial charge on any atom is -0.296 e. The Kier molecular flexibility index (Phi) is 7.24. The molecule has 7 heteroatoms. The summed E-state index contributed by atoms with van der Waals surface area (Å²) in [4.78, 5) is 16.5. The van der Waals surface area contributed by atoms with E-state index in [1.807, 2.05) is 30.3 Å². The summed E-state index contributed by atoms with van der Waals surface area (Å²) >= 11 is 12.2. The molecule has 2 aromatic rings. The van der Waals surface area contributed by atoms with Crippen molar-refractivity contribution < 1.29 is 4.79 Å². The lowest BCUT2D eigenvalue weighted by atomic mass is 10.2. The second kappa shape index (κ2) is 9.85. The van der Waals surface area contributed by atoms with E-state index in [2.05, 4.69) is 26.4 Å². The number of benzene rings is 2. The summed E-state index contributed by atoms with van der Waals surface area (Å²) in [5, 5.41) is 5.44. The van der Waals surface area contributed by atoms with Crippen LogP contribution in [-0.4, -0.2) is 54.6 Å². The molecule has 1 heterocycles. The summed E-state index contributed by atoms with van der Waals surface area (Å²) in [6.07, 6.45) is 1.59. The predicted octanol–water partition coefficient (Wildman–Crippen LogP) is 3.26. The van der Waals surface area contributed by atoms with Gasteiger partial charge in [0.2, 0.25) is 0 Å². The lowest BCUT2D eigenvalue weighted by molar-refractivity contribution is -0.122. The molecule has 142 valence electrons. The zero-order valence-electron chi connectivity index (χ0n) is 14.9. The van der Waals surface area contributed by atoms with Crippen LogP contribution in [0.25, 0.3) is 0 Å². The molecule has 0 saturated carbocycles. The topological polar surface area (TPSA) is 47.9 Å². The molecule has 1 amide bonds. The van der Waals surface area contributed by atoms with Crippen molar-refractivity contribution >= 4 is 35.3 Å². The van der Waals surface area contributed by atoms with Gasteiger partial charge in [0.25, 0.3) is 5.91 Å². The molecule has 5 nitrogen and oxygen atoms in total. The highest BCUT2D eigenvalue weighted by Crippen LogP contribution is 2.17. The van der Waals surface area contributed by atoms with Gasteiger partial charge >= 0.3 is 0 Å². The third kappa shape index (κ3) is 6.33. The molecule has 0 radical (unpaired) electrons.